The first-order valence-corrected chi connectivity index (χ1v) is 9.41. The average Bonchev–Trinajstić information content (AvgIpc) is 2.66. The Morgan fingerprint density at radius 2 is 2.00 bits per heavy atom. The van der Waals surface area contributed by atoms with Crippen molar-refractivity contribution in [3.63, 3.8) is 0 Å². The first-order valence-electron chi connectivity index (χ1n) is 9.41. The van der Waals surface area contributed by atoms with Crippen molar-refractivity contribution in [2.45, 2.75) is 32.6 Å². The highest BCUT2D eigenvalue weighted by Gasteiger charge is 2.41. The Bertz CT molecular complexity index is 1100. The van der Waals surface area contributed by atoms with Crippen LogP contribution in [-0.2, 0) is 4.79 Å². The molecule has 27 heavy (non-hydrogen) atoms. The highest BCUT2D eigenvalue weighted by atomic mass is 16.1. The van der Waals surface area contributed by atoms with Gasteiger partial charge in [-0.25, -0.2) is 4.98 Å². The van der Waals surface area contributed by atoms with Crippen molar-refractivity contribution in [2.24, 2.45) is 5.41 Å². The van der Waals surface area contributed by atoms with E-state index in [4.69, 9.17) is 0 Å². The number of nitrogens with one attached hydrogen (secondary N) is 2. The van der Waals surface area contributed by atoms with Crippen molar-refractivity contribution in [1.82, 2.24) is 4.98 Å². The fourth-order valence-corrected chi connectivity index (χ4v) is 4.57. The predicted molar refractivity (Wildman–Crippen MR) is 105 cm³/mol. The van der Waals surface area contributed by atoms with Gasteiger partial charge in [0.1, 0.15) is 0 Å². The summed E-state index contributed by atoms with van der Waals surface area (Å²) in [7, 11) is 0. The minimum absolute atomic E-state index is 0.0281. The number of anilines is 1. The molecule has 2 N–H and O–H groups in total. The van der Waals surface area contributed by atoms with Crippen LogP contribution in [0.1, 0.15) is 43.9 Å². The molecule has 3 heterocycles. The van der Waals surface area contributed by atoms with Crippen LogP contribution in [0, 0.1) is 5.41 Å². The van der Waals surface area contributed by atoms with Gasteiger partial charge in [0.2, 0.25) is 5.52 Å². The smallest absolute Gasteiger partial charge is 0.211 e. The van der Waals surface area contributed by atoms with E-state index >= 15 is 0 Å². The summed E-state index contributed by atoms with van der Waals surface area (Å²) in [6.45, 7) is 4.33. The number of nitrogens with zero attached hydrogens (tertiary/aromatic N) is 1. The molecule has 4 nitrogen and oxygen atoms in total. The number of rotatable bonds is 1. The summed E-state index contributed by atoms with van der Waals surface area (Å²) in [5.41, 5.74) is 6.11. The molecule has 0 amide bonds. The Morgan fingerprint density at radius 3 is 2.81 bits per heavy atom. The standard InChI is InChI=1S/C23H21N3O/c1-23(2)12-18-21(19(27)13-23)22(16-7-3-4-10-25-16)20-14-6-5-11-24-15(14)8-9-17(20)26-18/h3-11,22,26H,12-13H2,1-2H3/p+1. The van der Waals surface area contributed by atoms with Gasteiger partial charge in [0, 0.05) is 47.3 Å². The topological polar surface area (TPSA) is 56.1 Å². The van der Waals surface area contributed by atoms with Gasteiger partial charge in [0.05, 0.1) is 17.0 Å². The summed E-state index contributed by atoms with van der Waals surface area (Å²) in [6.07, 6.45) is 5.18. The highest BCUT2D eigenvalue weighted by molar-refractivity contribution is 6.03. The lowest BCUT2D eigenvalue weighted by atomic mass is 9.69. The molecule has 0 radical (unpaired) electrons. The van der Waals surface area contributed by atoms with E-state index in [2.05, 4.69) is 47.3 Å². The molecule has 4 heteroatoms. The van der Waals surface area contributed by atoms with Gasteiger partial charge in [-0.2, -0.15) is 0 Å². The van der Waals surface area contributed by atoms with Gasteiger partial charge in [0.15, 0.2) is 12.0 Å². The maximum absolute atomic E-state index is 13.2. The number of carbonyl (C=O) groups excluding carboxylic acids is 1. The zero-order valence-electron chi connectivity index (χ0n) is 15.5. The van der Waals surface area contributed by atoms with E-state index in [1.165, 1.54) is 0 Å². The number of carbonyl (C=O) groups is 1. The van der Waals surface area contributed by atoms with Crippen LogP contribution in [0.25, 0.3) is 10.9 Å². The third-order valence-corrected chi connectivity index (χ3v) is 5.65. The predicted octanol–water partition coefficient (Wildman–Crippen LogP) is 4.25. The van der Waals surface area contributed by atoms with Crippen molar-refractivity contribution in [3.8, 4) is 0 Å². The number of fused-ring (bicyclic) bond motifs is 3. The molecule has 134 valence electrons. The molecule has 2 aromatic heterocycles. The van der Waals surface area contributed by atoms with Crippen LogP contribution in [0.15, 0.2) is 66.1 Å². The fourth-order valence-electron chi connectivity index (χ4n) is 4.57. The van der Waals surface area contributed by atoms with Gasteiger partial charge in [-0.15, -0.1) is 0 Å². The van der Waals surface area contributed by atoms with Gasteiger partial charge in [-0.3, -0.25) is 9.78 Å². The number of hydrogen-bond acceptors (Lipinski definition) is 3. The number of aromatic nitrogens is 2. The maximum atomic E-state index is 13.2. The van der Waals surface area contributed by atoms with Crippen LogP contribution in [0.2, 0.25) is 0 Å². The van der Waals surface area contributed by atoms with E-state index in [0.29, 0.717) is 6.42 Å². The number of benzene rings is 1. The van der Waals surface area contributed by atoms with Crippen LogP contribution >= 0.6 is 0 Å². The number of Topliss-reactive ketones (excluding diaryl/α,β-unsaturated/α-hetero) is 1. The Labute approximate surface area is 158 Å². The fraction of sp³-hybridized carbons (Fsp3) is 0.261. The highest BCUT2D eigenvalue weighted by Crippen LogP contribution is 2.50. The summed E-state index contributed by atoms with van der Waals surface area (Å²) in [6, 6.07) is 14.3. The van der Waals surface area contributed by atoms with E-state index in [-0.39, 0.29) is 17.1 Å². The zero-order valence-corrected chi connectivity index (χ0v) is 15.5. The maximum Gasteiger partial charge on any atom is 0.211 e. The van der Waals surface area contributed by atoms with E-state index in [1.807, 2.05) is 36.7 Å². The van der Waals surface area contributed by atoms with Gasteiger partial charge < -0.3 is 5.32 Å². The summed E-state index contributed by atoms with van der Waals surface area (Å²) in [5, 5.41) is 4.72. The Hall–Kier alpha value is -3.01. The third-order valence-electron chi connectivity index (χ3n) is 5.65. The molecule has 2 aliphatic rings. The van der Waals surface area contributed by atoms with Gasteiger partial charge in [0.25, 0.3) is 0 Å². The number of allylic oxidation sites excluding steroid dienone is 2. The van der Waals surface area contributed by atoms with Gasteiger partial charge in [-0.05, 0) is 36.1 Å². The lowest BCUT2D eigenvalue weighted by Gasteiger charge is -2.39. The van der Waals surface area contributed by atoms with Crippen LogP contribution in [-0.4, -0.2) is 10.8 Å². The molecule has 1 atom stereocenters. The normalized spacial score (nSPS) is 20.8. The largest absolute Gasteiger partial charge is 0.358 e. The van der Waals surface area contributed by atoms with Crippen molar-refractivity contribution in [3.05, 3.63) is 77.4 Å². The lowest BCUT2D eigenvalue weighted by molar-refractivity contribution is -0.344. The average molecular weight is 356 g/mol. The number of pyridine rings is 2. The van der Waals surface area contributed by atoms with Crippen molar-refractivity contribution in [1.29, 1.82) is 0 Å². The zero-order chi connectivity index (χ0) is 18.6. The molecule has 0 fully saturated rings. The Kier molecular flexibility index (Phi) is 3.44. The molecule has 3 aromatic rings. The first kappa shape index (κ1) is 16.2. The lowest BCUT2D eigenvalue weighted by Crippen LogP contribution is -2.34. The minimum atomic E-state index is -0.138. The van der Waals surface area contributed by atoms with E-state index in [1.54, 1.807) is 0 Å². The molecule has 0 saturated heterocycles. The molecular weight excluding hydrogens is 334 g/mol. The van der Waals surface area contributed by atoms with Crippen LogP contribution < -0.4 is 10.3 Å². The van der Waals surface area contributed by atoms with Crippen molar-refractivity contribution in [2.75, 3.05) is 5.32 Å². The van der Waals surface area contributed by atoms with Gasteiger partial charge in [-0.1, -0.05) is 19.9 Å². The molecule has 1 aliphatic heterocycles. The third kappa shape index (κ3) is 2.55. The second kappa shape index (κ2) is 5.74. The number of ketones is 1. The van der Waals surface area contributed by atoms with Crippen molar-refractivity contribution < 1.29 is 9.78 Å². The SMILES string of the molecule is CC1(C)CC(=O)C2=C(C1)Nc1ccc3[nH+]cccc3c1C2c1ccccn1. The minimum Gasteiger partial charge on any atom is -0.358 e. The summed E-state index contributed by atoms with van der Waals surface area (Å²) in [5.74, 6) is 0.0903. The molecule has 0 saturated carbocycles. The molecule has 0 bridgehead atoms. The number of H-pyrrole nitrogens is 1. The van der Waals surface area contributed by atoms with Crippen molar-refractivity contribution >= 4 is 22.4 Å². The first-order chi connectivity index (χ1) is 13.0. The molecule has 0 spiro atoms. The van der Waals surface area contributed by atoms with Gasteiger partial charge >= 0.3 is 0 Å². The van der Waals surface area contributed by atoms with Crippen LogP contribution in [0.3, 0.4) is 0 Å². The summed E-state index contributed by atoms with van der Waals surface area (Å²) >= 11 is 0. The van der Waals surface area contributed by atoms with Crippen LogP contribution in [0.4, 0.5) is 5.69 Å². The quantitative estimate of drug-likeness (QED) is 0.709. The van der Waals surface area contributed by atoms with Crippen LogP contribution in [0.5, 0.6) is 0 Å². The number of aromatic amines is 1. The summed E-state index contributed by atoms with van der Waals surface area (Å²) < 4.78 is 0. The molecule has 5 rings (SSSR count). The monoisotopic (exact) mass is 356 g/mol. The number of hydrogen-bond donors (Lipinski definition) is 1. The van der Waals surface area contributed by atoms with E-state index < -0.39 is 0 Å². The summed E-state index contributed by atoms with van der Waals surface area (Å²) in [4.78, 5) is 21.2. The van der Waals surface area contributed by atoms with E-state index in [0.717, 1.165) is 45.5 Å². The second-order valence-electron chi connectivity index (χ2n) is 8.30. The Balaban J connectivity index is 1.82. The molecule has 1 aliphatic carbocycles. The Morgan fingerprint density at radius 1 is 1.11 bits per heavy atom. The molecular formula is C23H22N3O+. The molecule has 1 unspecified atom stereocenters. The van der Waals surface area contributed by atoms with E-state index in [9.17, 15) is 4.79 Å². The second-order valence-corrected chi connectivity index (χ2v) is 8.30. The molecule has 1 aromatic carbocycles.